The van der Waals surface area contributed by atoms with Crippen LogP contribution in [0.1, 0.15) is 56.6 Å². The van der Waals surface area contributed by atoms with Crippen molar-refractivity contribution in [3.8, 4) is 17.1 Å². The van der Waals surface area contributed by atoms with Crippen molar-refractivity contribution in [2.45, 2.75) is 58.1 Å². The Kier molecular flexibility index (Phi) is 8.46. The fraction of sp³-hybridized carbons (Fsp3) is 0.364. The lowest BCUT2D eigenvalue weighted by molar-refractivity contribution is 0.114. The van der Waals surface area contributed by atoms with Crippen LogP contribution in [0.5, 0.6) is 5.75 Å². The average molecular weight is 580 g/mol. The molecule has 10 heteroatoms. The van der Waals surface area contributed by atoms with Crippen molar-refractivity contribution in [2.24, 2.45) is 0 Å². The number of likely N-dealkylation sites (tertiary alicyclic amines) is 1. The first-order chi connectivity index (χ1) is 21.0. The van der Waals surface area contributed by atoms with Crippen LogP contribution in [0.3, 0.4) is 0 Å². The van der Waals surface area contributed by atoms with E-state index in [4.69, 9.17) is 14.2 Å². The van der Waals surface area contributed by atoms with Crippen molar-refractivity contribution in [3.63, 3.8) is 0 Å². The van der Waals surface area contributed by atoms with Crippen LogP contribution in [0, 0.1) is 0 Å². The standard InChI is InChI=1S/C33H37N7O3/c1-4-22(5-2)29-18-24-19-35-33(37-26-6-8-27(9-7-26)42-28-12-16-39(3)17-13-28)38-31(24)40(32(29)41)21-25-20-36-43-30(25)23-10-14-34-15-11-23/h6-11,14-15,18-20,22,28H,4-5,12-13,16-17,21H2,1-3H3,(H,35,37,38). The Morgan fingerprint density at radius 2 is 1.79 bits per heavy atom. The summed E-state index contributed by atoms with van der Waals surface area (Å²) in [6, 6.07) is 13.5. The SMILES string of the molecule is CCC(CC)c1cc2cnc(Nc3ccc(OC4CCN(C)CC4)cc3)nc2n(Cc2cnoc2-c2ccncc2)c1=O. The monoisotopic (exact) mass is 579 g/mol. The van der Waals surface area contributed by atoms with Crippen LogP contribution in [0.2, 0.25) is 0 Å². The van der Waals surface area contributed by atoms with Gasteiger partial charge in [-0.3, -0.25) is 14.3 Å². The van der Waals surface area contributed by atoms with Crippen molar-refractivity contribution in [3.05, 3.63) is 88.7 Å². The Balaban J connectivity index is 1.31. The summed E-state index contributed by atoms with van der Waals surface area (Å²) >= 11 is 0. The fourth-order valence-corrected chi connectivity index (χ4v) is 5.73. The maximum atomic E-state index is 14.0. The van der Waals surface area contributed by atoms with Gasteiger partial charge in [-0.15, -0.1) is 0 Å². The molecule has 43 heavy (non-hydrogen) atoms. The molecule has 4 aromatic heterocycles. The summed E-state index contributed by atoms with van der Waals surface area (Å²) in [5, 5.41) is 8.15. The molecule has 6 rings (SSSR count). The molecule has 1 aliphatic rings. The van der Waals surface area contributed by atoms with Gasteiger partial charge in [-0.1, -0.05) is 19.0 Å². The fourth-order valence-electron chi connectivity index (χ4n) is 5.73. The molecular weight excluding hydrogens is 542 g/mol. The smallest absolute Gasteiger partial charge is 0.256 e. The summed E-state index contributed by atoms with van der Waals surface area (Å²) in [6.45, 7) is 6.57. The number of piperidine rings is 1. The molecule has 1 N–H and O–H groups in total. The van der Waals surface area contributed by atoms with E-state index < -0.39 is 0 Å². The number of nitrogens with one attached hydrogen (secondary N) is 1. The van der Waals surface area contributed by atoms with Crippen LogP contribution in [0.15, 0.2) is 76.6 Å². The van der Waals surface area contributed by atoms with Gasteiger partial charge in [0.05, 0.1) is 12.7 Å². The molecule has 0 atom stereocenters. The number of pyridine rings is 2. The van der Waals surface area contributed by atoms with Crippen molar-refractivity contribution < 1.29 is 9.26 Å². The first kappa shape index (κ1) is 28.5. The molecule has 0 spiro atoms. The maximum absolute atomic E-state index is 14.0. The van der Waals surface area contributed by atoms with E-state index in [-0.39, 0.29) is 24.1 Å². The van der Waals surface area contributed by atoms with Crippen LogP contribution >= 0.6 is 0 Å². The second kappa shape index (κ2) is 12.7. The molecule has 1 saturated heterocycles. The van der Waals surface area contributed by atoms with Crippen molar-refractivity contribution in [1.82, 2.24) is 29.6 Å². The van der Waals surface area contributed by atoms with E-state index >= 15 is 0 Å². The van der Waals surface area contributed by atoms with E-state index in [0.717, 1.165) is 72.3 Å². The van der Waals surface area contributed by atoms with Gasteiger partial charge in [0.15, 0.2) is 5.76 Å². The van der Waals surface area contributed by atoms with E-state index in [1.54, 1.807) is 29.4 Å². The number of nitrogens with zero attached hydrogens (tertiary/aromatic N) is 6. The number of rotatable bonds is 10. The third-order valence-electron chi connectivity index (χ3n) is 8.27. The zero-order valence-electron chi connectivity index (χ0n) is 24.9. The first-order valence-corrected chi connectivity index (χ1v) is 15.0. The Morgan fingerprint density at radius 1 is 1.05 bits per heavy atom. The second-order valence-electron chi connectivity index (χ2n) is 11.2. The highest BCUT2D eigenvalue weighted by molar-refractivity contribution is 5.77. The molecular formula is C33H37N7O3. The summed E-state index contributed by atoms with van der Waals surface area (Å²) in [5.41, 5.74) is 3.70. The van der Waals surface area contributed by atoms with Gasteiger partial charge in [-0.2, -0.15) is 4.98 Å². The Labute approximate surface area is 250 Å². The highest BCUT2D eigenvalue weighted by Gasteiger charge is 2.21. The molecule has 1 aliphatic heterocycles. The highest BCUT2D eigenvalue weighted by Crippen LogP contribution is 2.28. The molecule has 0 bridgehead atoms. The van der Waals surface area contributed by atoms with Crippen LogP contribution in [0.25, 0.3) is 22.4 Å². The number of fused-ring (bicyclic) bond motifs is 1. The summed E-state index contributed by atoms with van der Waals surface area (Å²) < 4.78 is 13.5. The normalized spacial score (nSPS) is 14.4. The quantitative estimate of drug-likeness (QED) is 0.213. The van der Waals surface area contributed by atoms with Crippen LogP contribution < -0.4 is 15.6 Å². The van der Waals surface area contributed by atoms with Crippen molar-refractivity contribution in [1.29, 1.82) is 0 Å². The van der Waals surface area contributed by atoms with Gasteiger partial charge in [0, 0.05) is 59.4 Å². The van der Waals surface area contributed by atoms with E-state index in [9.17, 15) is 4.79 Å². The third kappa shape index (κ3) is 6.29. The highest BCUT2D eigenvalue weighted by atomic mass is 16.5. The van der Waals surface area contributed by atoms with E-state index in [1.807, 2.05) is 42.5 Å². The third-order valence-corrected chi connectivity index (χ3v) is 8.27. The first-order valence-electron chi connectivity index (χ1n) is 15.0. The number of ether oxygens (including phenoxy) is 1. The van der Waals surface area contributed by atoms with Gasteiger partial charge in [-0.05, 0) is 81.1 Å². The number of anilines is 2. The lowest BCUT2D eigenvalue weighted by Crippen LogP contribution is -2.35. The zero-order chi connectivity index (χ0) is 29.8. The molecule has 0 radical (unpaired) electrons. The van der Waals surface area contributed by atoms with Gasteiger partial charge in [-0.25, -0.2) is 4.98 Å². The number of aromatic nitrogens is 5. The predicted octanol–water partition coefficient (Wildman–Crippen LogP) is 6.01. The Bertz CT molecular complexity index is 1720. The van der Waals surface area contributed by atoms with Gasteiger partial charge in [0.2, 0.25) is 5.95 Å². The minimum absolute atomic E-state index is 0.0665. The number of hydrogen-bond acceptors (Lipinski definition) is 9. The molecule has 5 heterocycles. The summed E-state index contributed by atoms with van der Waals surface area (Å²) in [6.07, 6.45) is 10.9. The topological polar surface area (TPSA) is 111 Å². The zero-order valence-corrected chi connectivity index (χ0v) is 24.9. The Hall–Kier alpha value is -4.57. The Morgan fingerprint density at radius 3 is 2.51 bits per heavy atom. The van der Waals surface area contributed by atoms with Crippen molar-refractivity contribution in [2.75, 3.05) is 25.5 Å². The maximum Gasteiger partial charge on any atom is 0.256 e. The van der Waals surface area contributed by atoms with Crippen molar-refractivity contribution >= 4 is 22.7 Å². The van der Waals surface area contributed by atoms with Crippen LogP contribution in [0.4, 0.5) is 11.6 Å². The van der Waals surface area contributed by atoms with Gasteiger partial charge < -0.3 is 19.5 Å². The summed E-state index contributed by atoms with van der Waals surface area (Å²) in [5.74, 6) is 1.99. The van der Waals surface area contributed by atoms with Gasteiger partial charge in [0.25, 0.3) is 5.56 Å². The lowest BCUT2D eigenvalue weighted by Gasteiger charge is -2.29. The average Bonchev–Trinajstić information content (AvgIpc) is 3.50. The molecule has 0 amide bonds. The van der Waals surface area contributed by atoms with Crippen LogP contribution in [-0.4, -0.2) is 55.8 Å². The number of hydrogen-bond donors (Lipinski definition) is 1. The molecule has 10 nitrogen and oxygen atoms in total. The summed E-state index contributed by atoms with van der Waals surface area (Å²) in [4.78, 5) is 29.9. The molecule has 0 unspecified atom stereocenters. The second-order valence-corrected chi connectivity index (χ2v) is 11.2. The molecule has 222 valence electrons. The van der Waals surface area contributed by atoms with E-state index in [2.05, 4.69) is 46.2 Å². The minimum Gasteiger partial charge on any atom is -0.490 e. The lowest BCUT2D eigenvalue weighted by atomic mass is 9.94. The molecule has 5 aromatic rings. The molecule has 1 fully saturated rings. The van der Waals surface area contributed by atoms with Gasteiger partial charge >= 0.3 is 0 Å². The van der Waals surface area contributed by atoms with Crippen LogP contribution in [-0.2, 0) is 6.54 Å². The summed E-state index contributed by atoms with van der Waals surface area (Å²) in [7, 11) is 2.14. The molecule has 0 aliphatic carbocycles. The predicted molar refractivity (Wildman–Crippen MR) is 167 cm³/mol. The molecule has 0 saturated carbocycles. The van der Waals surface area contributed by atoms with Gasteiger partial charge in [0.1, 0.15) is 17.5 Å². The van der Waals surface area contributed by atoms with E-state index in [0.29, 0.717) is 17.4 Å². The molecule has 1 aromatic carbocycles. The number of benzene rings is 1. The largest absolute Gasteiger partial charge is 0.490 e. The van der Waals surface area contributed by atoms with E-state index in [1.165, 1.54) is 0 Å². The minimum atomic E-state index is -0.0665.